The van der Waals surface area contributed by atoms with Crippen molar-refractivity contribution in [3.8, 4) is 0 Å². The number of nitrogens with one attached hydrogen (secondary N) is 1. The second kappa shape index (κ2) is 7.22. The quantitative estimate of drug-likeness (QED) is 0.693. The molecule has 1 aliphatic carbocycles. The first-order valence-corrected chi connectivity index (χ1v) is 7.49. The highest BCUT2D eigenvalue weighted by atomic mass is 16.5. The van der Waals surface area contributed by atoms with Crippen LogP contribution in [0.4, 0.5) is 0 Å². The Kier molecular flexibility index (Phi) is 5.60. The van der Waals surface area contributed by atoms with Gasteiger partial charge in [0.2, 0.25) is 0 Å². The minimum atomic E-state index is -0.195. The summed E-state index contributed by atoms with van der Waals surface area (Å²) >= 11 is 0. The molecule has 0 aromatic rings. The Morgan fingerprint density at radius 2 is 2.26 bits per heavy atom. The normalized spacial score (nSPS) is 26.1. The van der Waals surface area contributed by atoms with Gasteiger partial charge in [-0.25, -0.2) is 0 Å². The molecule has 1 saturated heterocycles. The lowest BCUT2D eigenvalue weighted by atomic mass is 10.1. The topological polar surface area (TPSA) is 50.8 Å². The lowest BCUT2D eigenvalue weighted by Crippen LogP contribution is -2.54. The zero-order valence-corrected chi connectivity index (χ0v) is 12.1. The van der Waals surface area contributed by atoms with E-state index in [-0.39, 0.29) is 12.0 Å². The third-order valence-corrected chi connectivity index (χ3v) is 3.82. The van der Waals surface area contributed by atoms with Crippen LogP contribution < -0.4 is 5.32 Å². The first-order chi connectivity index (χ1) is 9.24. The summed E-state index contributed by atoms with van der Waals surface area (Å²) < 4.78 is 10.7. The van der Waals surface area contributed by atoms with Gasteiger partial charge in [-0.2, -0.15) is 0 Å². The first kappa shape index (κ1) is 14.8. The second-order valence-corrected chi connectivity index (χ2v) is 5.38. The predicted octanol–water partition coefficient (Wildman–Crippen LogP) is 0.781. The summed E-state index contributed by atoms with van der Waals surface area (Å²) in [5.74, 6) is -0.115. The van der Waals surface area contributed by atoms with Gasteiger partial charge in [0.15, 0.2) is 0 Å². The van der Waals surface area contributed by atoms with Gasteiger partial charge in [0.1, 0.15) is 6.04 Å². The zero-order chi connectivity index (χ0) is 13.7. The number of morpholine rings is 1. The number of rotatable bonds is 7. The van der Waals surface area contributed by atoms with E-state index in [0.717, 1.165) is 32.7 Å². The lowest BCUT2D eigenvalue weighted by Gasteiger charge is -2.36. The van der Waals surface area contributed by atoms with Gasteiger partial charge >= 0.3 is 5.97 Å². The molecule has 1 N–H and O–H groups in total. The molecule has 2 unspecified atom stereocenters. The molecule has 19 heavy (non-hydrogen) atoms. The number of hydrogen-bond donors (Lipinski definition) is 1. The van der Waals surface area contributed by atoms with Crippen molar-refractivity contribution in [1.29, 1.82) is 0 Å². The smallest absolute Gasteiger partial charge is 0.324 e. The molecular formula is C14H26N2O3. The van der Waals surface area contributed by atoms with Crippen LogP contribution in [0.15, 0.2) is 0 Å². The van der Waals surface area contributed by atoms with E-state index in [0.29, 0.717) is 18.7 Å². The molecule has 2 atom stereocenters. The van der Waals surface area contributed by atoms with E-state index >= 15 is 0 Å². The van der Waals surface area contributed by atoms with E-state index in [2.05, 4.69) is 17.1 Å². The number of carbonyl (C=O) groups excluding carboxylic acids is 1. The number of ether oxygens (including phenoxy) is 2. The van der Waals surface area contributed by atoms with Crippen LogP contribution in [0.25, 0.3) is 0 Å². The van der Waals surface area contributed by atoms with Crippen molar-refractivity contribution in [3.05, 3.63) is 0 Å². The molecule has 0 amide bonds. The highest BCUT2D eigenvalue weighted by Crippen LogP contribution is 2.20. The van der Waals surface area contributed by atoms with Crippen LogP contribution in [-0.4, -0.2) is 61.9 Å². The van der Waals surface area contributed by atoms with Crippen LogP contribution in [0.3, 0.4) is 0 Å². The molecule has 0 radical (unpaired) electrons. The highest BCUT2D eigenvalue weighted by Gasteiger charge is 2.32. The van der Waals surface area contributed by atoms with Gasteiger partial charge in [-0.15, -0.1) is 0 Å². The number of esters is 1. The number of nitrogens with zero attached hydrogens (tertiary/aromatic N) is 1. The summed E-state index contributed by atoms with van der Waals surface area (Å²) in [5, 5.41) is 3.41. The Labute approximate surface area is 115 Å². The van der Waals surface area contributed by atoms with Gasteiger partial charge in [-0.3, -0.25) is 9.69 Å². The van der Waals surface area contributed by atoms with E-state index in [1.165, 1.54) is 12.8 Å². The Morgan fingerprint density at radius 1 is 1.47 bits per heavy atom. The van der Waals surface area contributed by atoms with Gasteiger partial charge < -0.3 is 14.8 Å². The molecule has 0 bridgehead atoms. The minimum Gasteiger partial charge on any atom is -0.465 e. The van der Waals surface area contributed by atoms with Crippen LogP contribution >= 0.6 is 0 Å². The Balaban J connectivity index is 1.90. The fourth-order valence-electron chi connectivity index (χ4n) is 2.51. The molecule has 110 valence electrons. The highest BCUT2D eigenvalue weighted by molar-refractivity contribution is 5.76. The molecule has 0 spiro atoms. The fraction of sp³-hybridized carbons (Fsp3) is 0.929. The largest absolute Gasteiger partial charge is 0.465 e. The summed E-state index contributed by atoms with van der Waals surface area (Å²) in [6.45, 7) is 7.64. The number of hydrogen-bond acceptors (Lipinski definition) is 5. The van der Waals surface area contributed by atoms with Gasteiger partial charge in [-0.05, 0) is 26.2 Å². The molecule has 1 heterocycles. The maximum absolute atomic E-state index is 12.0. The summed E-state index contributed by atoms with van der Waals surface area (Å²) in [5.41, 5.74) is 0. The minimum absolute atomic E-state index is 0.115. The first-order valence-electron chi connectivity index (χ1n) is 7.49. The van der Waals surface area contributed by atoms with E-state index in [1.54, 1.807) is 0 Å². The van der Waals surface area contributed by atoms with Crippen molar-refractivity contribution in [1.82, 2.24) is 10.2 Å². The predicted molar refractivity (Wildman–Crippen MR) is 73.0 cm³/mol. The van der Waals surface area contributed by atoms with Crippen LogP contribution in [0.5, 0.6) is 0 Å². The van der Waals surface area contributed by atoms with Gasteiger partial charge in [0, 0.05) is 25.2 Å². The second-order valence-electron chi connectivity index (χ2n) is 5.38. The summed E-state index contributed by atoms with van der Waals surface area (Å²) in [7, 11) is 0. The third kappa shape index (κ3) is 4.44. The molecule has 1 saturated carbocycles. The molecule has 0 aromatic heterocycles. The summed E-state index contributed by atoms with van der Waals surface area (Å²) in [6, 6.07) is 0.738. The van der Waals surface area contributed by atoms with Crippen molar-refractivity contribution in [2.75, 3.05) is 32.9 Å². The van der Waals surface area contributed by atoms with Gasteiger partial charge in [-0.1, -0.05) is 6.92 Å². The van der Waals surface area contributed by atoms with Crippen molar-refractivity contribution < 1.29 is 14.3 Å². The molecule has 5 nitrogen and oxygen atoms in total. The van der Waals surface area contributed by atoms with Crippen LogP contribution in [-0.2, 0) is 14.3 Å². The van der Waals surface area contributed by atoms with Crippen LogP contribution in [0.2, 0.25) is 0 Å². The van der Waals surface area contributed by atoms with Crippen molar-refractivity contribution in [2.24, 2.45) is 0 Å². The Bertz CT molecular complexity index is 294. The van der Waals surface area contributed by atoms with E-state index in [1.807, 2.05) is 6.92 Å². The summed E-state index contributed by atoms with van der Waals surface area (Å²) in [6.07, 6.45) is 3.41. The van der Waals surface area contributed by atoms with E-state index < -0.39 is 0 Å². The lowest BCUT2D eigenvalue weighted by molar-refractivity contribution is -0.147. The monoisotopic (exact) mass is 270 g/mol. The standard InChI is InChI=1S/C14H26N2O3/c1-3-12-10-18-8-7-16(12)9-13(14(17)19-4-2)15-11-5-6-11/h11-13,15H,3-10H2,1-2H3. The zero-order valence-electron chi connectivity index (χ0n) is 12.1. The molecule has 2 aliphatic rings. The molecule has 2 rings (SSSR count). The Morgan fingerprint density at radius 3 is 2.89 bits per heavy atom. The summed E-state index contributed by atoms with van der Waals surface area (Å²) in [4.78, 5) is 14.4. The fourth-order valence-corrected chi connectivity index (χ4v) is 2.51. The number of carbonyl (C=O) groups is 1. The maximum Gasteiger partial charge on any atom is 0.324 e. The van der Waals surface area contributed by atoms with E-state index in [4.69, 9.17) is 9.47 Å². The molecule has 5 heteroatoms. The molecule has 2 fully saturated rings. The molecule has 1 aliphatic heterocycles. The SMILES string of the molecule is CCOC(=O)C(CN1CCOCC1CC)NC1CC1. The molecular weight excluding hydrogens is 244 g/mol. The van der Waals surface area contributed by atoms with Crippen molar-refractivity contribution >= 4 is 5.97 Å². The van der Waals surface area contributed by atoms with Crippen LogP contribution in [0, 0.1) is 0 Å². The average molecular weight is 270 g/mol. The van der Waals surface area contributed by atoms with Crippen molar-refractivity contribution in [2.45, 2.75) is 51.2 Å². The van der Waals surface area contributed by atoms with E-state index in [9.17, 15) is 4.79 Å². The van der Waals surface area contributed by atoms with Gasteiger partial charge in [0.25, 0.3) is 0 Å². The van der Waals surface area contributed by atoms with Crippen LogP contribution in [0.1, 0.15) is 33.1 Å². The Hall–Kier alpha value is -0.650. The maximum atomic E-state index is 12.0. The third-order valence-electron chi connectivity index (χ3n) is 3.82. The van der Waals surface area contributed by atoms with Crippen molar-refractivity contribution in [3.63, 3.8) is 0 Å². The average Bonchev–Trinajstić information content (AvgIpc) is 3.23. The molecule has 0 aromatic carbocycles. The van der Waals surface area contributed by atoms with Gasteiger partial charge in [0.05, 0.1) is 19.8 Å².